The zero-order valence-corrected chi connectivity index (χ0v) is 9.67. The van der Waals surface area contributed by atoms with Crippen molar-refractivity contribution >= 4 is 21.8 Å². The number of hydrogen-bond acceptors (Lipinski definition) is 0. The van der Waals surface area contributed by atoms with Crippen molar-refractivity contribution in [2.75, 3.05) is 0 Å². The lowest BCUT2D eigenvalue weighted by Gasteiger charge is -2.02. The Morgan fingerprint density at radius 1 is 1.06 bits per heavy atom. The van der Waals surface area contributed by atoms with Gasteiger partial charge in [-0.05, 0) is 30.5 Å². The molecule has 0 aliphatic heterocycles. The number of hydrogen-bond donors (Lipinski definition) is 1. The second-order valence-corrected chi connectivity index (χ2v) is 4.32. The fraction of sp³-hybridized carbons (Fsp3) is 0.200. The van der Waals surface area contributed by atoms with Crippen molar-refractivity contribution in [3.8, 4) is 0 Å². The molecule has 0 spiro atoms. The predicted molar refractivity (Wildman–Crippen MR) is 69.9 cm³/mol. The molecule has 3 aromatic rings. The van der Waals surface area contributed by atoms with Gasteiger partial charge in [-0.15, -0.1) is 0 Å². The molecule has 1 aromatic heterocycles. The van der Waals surface area contributed by atoms with E-state index in [0.717, 1.165) is 6.42 Å². The second kappa shape index (κ2) is 3.38. The van der Waals surface area contributed by atoms with Gasteiger partial charge in [0.15, 0.2) is 0 Å². The van der Waals surface area contributed by atoms with Crippen molar-refractivity contribution in [1.29, 1.82) is 0 Å². The van der Waals surface area contributed by atoms with Crippen molar-refractivity contribution in [2.45, 2.75) is 20.3 Å². The SMILES string of the molecule is CCc1ccc(C)c2c1[nH]c1ccccc12. The summed E-state index contributed by atoms with van der Waals surface area (Å²) in [6.45, 7) is 4.39. The van der Waals surface area contributed by atoms with Gasteiger partial charge in [-0.1, -0.05) is 37.3 Å². The van der Waals surface area contributed by atoms with Gasteiger partial charge in [-0.2, -0.15) is 0 Å². The summed E-state index contributed by atoms with van der Waals surface area (Å²) in [5.74, 6) is 0. The lowest BCUT2D eigenvalue weighted by atomic mass is 10.0. The molecule has 80 valence electrons. The number of benzene rings is 2. The third-order valence-electron chi connectivity index (χ3n) is 3.34. The maximum atomic E-state index is 3.54. The van der Waals surface area contributed by atoms with Gasteiger partial charge in [-0.25, -0.2) is 0 Å². The largest absolute Gasteiger partial charge is 0.354 e. The quantitative estimate of drug-likeness (QED) is 0.618. The van der Waals surface area contributed by atoms with E-state index in [1.807, 2.05) is 0 Å². The van der Waals surface area contributed by atoms with Crippen LogP contribution in [0.25, 0.3) is 21.8 Å². The zero-order valence-electron chi connectivity index (χ0n) is 9.67. The summed E-state index contributed by atoms with van der Waals surface area (Å²) in [6.07, 6.45) is 1.07. The fourth-order valence-electron chi connectivity index (χ4n) is 2.48. The Kier molecular flexibility index (Phi) is 2.00. The van der Waals surface area contributed by atoms with Crippen molar-refractivity contribution < 1.29 is 0 Å². The molecule has 1 nitrogen and oxygen atoms in total. The molecular formula is C15H15N. The van der Waals surface area contributed by atoms with Crippen LogP contribution in [0.3, 0.4) is 0 Å². The van der Waals surface area contributed by atoms with Crippen LogP contribution in [0.15, 0.2) is 36.4 Å². The summed E-state index contributed by atoms with van der Waals surface area (Å²) in [6, 6.07) is 13.0. The first-order valence-electron chi connectivity index (χ1n) is 5.80. The van der Waals surface area contributed by atoms with E-state index in [4.69, 9.17) is 0 Å². The summed E-state index contributed by atoms with van der Waals surface area (Å²) in [7, 11) is 0. The molecule has 0 bridgehead atoms. The number of H-pyrrole nitrogens is 1. The van der Waals surface area contributed by atoms with E-state index in [2.05, 4.69) is 55.2 Å². The predicted octanol–water partition coefficient (Wildman–Crippen LogP) is 4.19. The smallest absolute Gasteiger partial charge is 0.0499 e. The molecule has 1 N–H and O–H groups in total. The molecule has 1 heterocycles. The van der Waals surface area contributed by atoms with Crippen LogP contribution < -0.4 is 0 Å². The lowest BCUT2D eigenvalue weighted by Crippen LogP contribution is -1.84. The number of aromatic nitrogens is 1. The van der Waals surface area contributed by atoms with Gasteiger partial charge in [0.05, 0.1) is 0 Å². The highest BCUT2D eigenvalue weighted by Gasteiger charge is 2.08. The average molecular weight is 209 g/mol. The van der Waals surface area contributed by atoms with Gasteiger partial charge in [0.25, 0.3) is 0 Å². The van der Waals surface area contributed by atoms with Crippen LogP contribution in [0.5, 0.6) is 0 Å². The Hall–Kier alpha value is -1.76. The van der Waals surface area contributed by atoms with Crippen LogP contribution in [0.2, 0.25) is 0 Å². The zero-order chi connectivity index (χ0) is 11.1. The molecule has 3 rings (SSSR count). The van der Waals surface area contributed by atoms with Gasteiger partial charge in [0.1, 0.15) is 0 Å². The number of nitrogens with one attached hydrogen (secondary N) is 1. The average Bonchev–Trinajstić information content (AvgIpc) is 2.69. The lowest BCUT2D eigenvalue weighted by molar-refractivity contribution is 1.15. The van der Waals surface area contributed by atoms with E-state index in [1.165, 1.54) is 32.9 Å². The fourth-order valence-corrected chi connectivity index (χ4v) is 2.48. The van der Waals surface area contributed by atoms with E-state index in [0.29, 0.717) is 0 Å². The van der Waals surface area contributed by atoms with Crippen LogP contribution >= 0.6 is 0 Å². The first kappa shape index (κ1) is 9.46. The van der Waals surface area contributed by atoms with Gasteiger partial charge >= 0.3 is 0 Å². The minimum Gasteiger partial charge on any atom is -0.354 e. The molecular weight excluding hydrogens is 194 g/mol. The molecule has 0 radical (unpaired) electrons. The van der Waals surface area contributed by atoms with Gasteiger partial charge in [0, 0.05) is 21.8 Å². The van der Waals surface area contributed by atoms with Crippen molar-refractivity contribution in [3.63, 3.8) is 0 Å². The molecule has 16 heavy (non-hydrogen) atoms. The standard InChI is InChI=1S/C15H15N/c1-3-11-9-8-10(2)14-12-6-4-5-7-13(12)16-15(11)14/h4-9,16H,3H2,1-2H3. The van der Waals surface area contributed by atoms with E-state index >= 15 is 0 Å². The molecule has 1 heteroatoms. The third-order valence-corrected chi connectivity index (χ3v) is 3.34. The minimum atomic E-state index is 1.07. The minimum absolute atomic E-state index is 1.07. The molecule has 0 unspecified atom stereocenters. The van der Waals surface area contributed by atoms with Crippen LogP contribution in [0.4, 0.5) is 0 Å². The number of rotatable bonds is 1. The molecule has 0 aliphatic rings. The molecule has 0 aliphatic carbocycles. The van der Waals surface area contributed by atoms with Crippen molar-refractivity contribution in [1.82, 2.24) is 4.98 Å². The van der Waals surface area contributed by atoms with Crippen LogP contribution in [-0.2, 0) is 6.42 Å². The van der Waals surface area contributed by atoms with E-state index in [1.54, 1.807) is 0 Å². The highest BCUT2D eigenvalue weighted by atomic mass is 14.7. The molecule has 0 amide bonds. The summed E-state index contributed by atoms with van der Waals surface area (Å²) in [5, 5.41) is 2.72. The summed E-state index contributed by atoms with van der Waals surface area (Å²) in [5.41, 5.74) is 5.30. The topological polar surface area (TPSA) is 15.8 Å². The normalized spacial score (nSPS) is 11.4. The van der Waals surface area contributed by atoms with Crippen molar-refractivity contribution in [2.24, 2.45) is 0 Å². The maximum absolute atomic E-state index is 3.54. The summed E-state index contributed by atoms with van der Waals surface area (Å²) >= 11 is 0. The Balaban J connectivity index is 2.58. The Bertz CT molecular complexity index is 662. The monoisotopic (exact) mass is 209 g/mol. The van der Waals surface area contributed by atoms with Crippen LogP contribution in [-0.4, -0.2) is 4.98 Å². The molecule has 0 fully saturated rings. The molecule has 0 saturated heterocycles. The highest BCUT2D eigenvalue weighted by molar-refractivity contribution is 6.09. The summed E-state index contributed by atoms with van der Waals surface area (Å²) < 4.78 is 0. The Morgan fingerprint density at radius 2 is 1.88 bits per heavy atom. The van der Waals surface area contributed by atoms with E-state index in [9.17, 15) is 0 Å². The Morgan fingerprint density at radius 3 is 2.69 bits per heavy atom. The van der Waals surface area contributed by atoms with E-state index in [-0.39, 0.29) is 0 Å². The molecule has 2 aromatic carbocycles. The number of para-hydroxylation sites is 1. The van der Waals surface area contributed by atoms with Gasteiger partial charge < -0.3 is 4.98 Å². The van der Waals surface area contributed by atoms with Crippen molar-refractivity contribution in [3.05, 3.63) is 47.5 Å². The number of aryl methyl sites for hydroxylation is 2. The number of fused-ring (bicyclic) bond motifs is 3. The second-order valence-electron chi connectivity index (χ2n) is 4.32. The third kappa shape index (κ3) is 1.18. The van der Waals surface area contributed by atoms with Gasteiger partial charge in [-0.3, -0.25) is 0 Å². The number of aromatic amines is 1. The van der Waals surface area contributed by atoms with Crippen LogP contribution in [0.1, 0.15) is 18.1 Å². The van der Waals surface area contributed by atoms with Gasteiger partial charge in [0.2, 0.25) is 0 Å². The molecule has 0 atom stereocenters. The van der Waals surface area contributed by atoms with E-state index < -0.39 is 0 Å². The highest BCUT2D eigenvalue weighted by Crippen LogP contribution is 2.30. The maximum Gasteiger partial charge on any atom is 0.0499 e. The molecule has 0 saturated carbocycles. The first-order chi connectivity index (χ1) is 7.81. The summed E-state index contributed by atoms with van der Waals surface area (Å²) in [4.78, 5) is 3.54. The Labute approximate surface area is 95.1 Å². The first-order valence-corrected chi connectivity index (χ1v) is 5.80. The van der Waals surface area contributed by atoms with Crippen LogP contribution in [0, 0.1) is 6.92 Å².